The molecule has 0 aliphatic rings. The van der Waals surface area contributed by atoms with Gasteiger partial charge in [-0.1, -0.05) is 0 Å². The summed E-state index contributed by atoms with van der Waals surface area (Å²) in [6, 6.07) is 7.88. The number of rotatable bonds is 5. The van der Waals surface area contributed by atoms with E-state index in [2.05, 4.69) is 5.10 Å². The standard InChI is InChI=1S/C13H14F3N3O/c14-13(15,16)12-6-8-19(18-12)7-1-9-20-11-4-2-10(17)3-5-11/h2-6,8H,1,7,9,17H2. The Kier molecular flexibility index (Phi) is 4.16. The highest BCUT2D eigenvalue weighted by molar-refractivity contribution is 5.41. The molecule has 0 bridgehead atoms. The Morgan fingerprint density at radius 3 is 2.45 bits per heavy atom. The van der Waals surface area contributed by atoms with Gasteiger partial charge in [0.1, 0.15) is 5.75 Å². The van der Waals surface area contributed by atoms with Crippen LogP contribution in [-0.4, -0.2) is 16.4 Å². The first-order valence-electron chi connectivity index (χ1n) is 6.04. The Morgan fingerprint density at radius 2 is 1.85 bits per heavy atom. The van der Waals surface area contributed by atoms with Crippen molar-refractivity contribution in [3.63, 3.8) is 0 Å². The van der Waals surface area contributed by atoms with Gasteiger partial charge in [-0.3, -0.25) is 4.68 Å². The first kappa shape index (κ1) is 14.2. The van der Waals surface area contributed by atoms with Crippen molar-refractivity contribution in [2.75, 3.05) is 12.3 Å². The van der Waals surface area contributed by atoms with Crippen LogP contribution in [0.15, 0.2) is 36.5 Å². The predicted octanol–water partition coefficient (Wildman–Crippen LogP) is 2.95. The Balaban J connectivity index is 1.76. The predicted molar refractivity (Wildman–Crippen MR) is 68.2 cm³/mol. The minimum atomic E-state index is -4.40. The average Bonchev–Trinajstić information content (AvgIpc) is 2.85. The number of aromatic nitrogens is 2. The molecule has 2 rings (SSSR count). The maximum Gasteiger partial charge on any atom is 0.435 e. The van der Waals surface area contributed by atoms with E-state index in [4.69, 9.17) is 10.5 Å². The quantitative estimate of drug-likeness (QED) is 0.678. The van der Waals surface area contributed by atoms with Gasteiger partial charge in [0.15, 0.2) is 5.69 Å². The van der Waals surface area contributed by atoms with E-state index >= 15 is 0 Å². The van der Waals surface area contributed by atoms with E-state index in [0.717, 1.165) is 6.07 Å². The summed E-state index contributed by atoms with van der Waals surface area (Å²) in [5, 5.41) is 3.46. The highest BCUT2D eigenvalue weighted by Gasteiger charge is 2.33. The molecule has 0 spiro atoms. The number of hydrogen-bond donors (Lipinski definition) is 1. The maximum absolute atomic E-state index is 12.3. The number of nitrogen functional groups attached to an aromatic ring is 1. The molecule has 0 saturated carbocycles. The Hall–Kier alpha value is -2.18. The zero-order chi connectivity index (χ0) is 14.6. The summed E-state index contributed by atoms with van der Waals surface area (Å²) >= 11 is 0. The van der Waals surface area contributed by atoms with E-state index in [1.54, 1.807) is 24.3 Å². The summed E-state index contributed by atoms with van der Waals surface area (Å²) < 4.78 is 43.7. The van der Waals surface area contributed by atoms with Crippen LogP contribution in [0.1, 0.15) is 12.1 Å². The second-order valence-corrected chi connectivity index (χ2v) is 4.23. The van der Waals surface area contributed by atoms with Crippen LogP contribution in [0.2, 0.25) is 0 Å². The molecule has 2 N–H and O–H groups in total. The molecule has 1 aromatic carbocycles. The van der Waals surface area contributed by atoms with Crippen LogP contribution in [-0.2, 0) is 12.7 Å². The van der Waals surface area contributed by atoms with E-state index in [-0.39, 0.29) is 0 Å². The van der Waals surface area contributed by atoms with Crippen LogP contribution < -0.4 is 10.5 Å². The van der Waals surface area contributed by atoms with Crippen molar-refractivity contribution < 1.29 is 17.9 Å². The molecule has 0 radical (unpaired) electrons. The lowest BCUT2D eigenvalue weighted by Crippen LogP contribution is -2.09. The van der Waals surface area contributed by atoms with Crippen molar-refractivity contribution >= 4 is 5.69 Å². The molecule has 7 heteroatoms. The lowest BCUT2D eigenvalue weighted by atomic mass is 10.3. The van der Waals surface area contributed by atoms with Gasteiger partial charge in [-0.15, -0.1) is 0 Å². The average molecular weight is 285 g/mol. The second kappa shape index (κ2) is 5.85. The second-order valence-electron chi connectivity index (χ2n) is 4.23. The Labute approximate surface area is 114 Å². The van der Waals surface area contributed by atoms with Gasteiger partial charge in [0.05, 0.1) is 6.61 Å². The molecule has 20 heavy (non-hydrogen) atoms. The van der Waals surface area contributed by atoms with Crippen molar-refractivity contribution in [2.45, 2.75) is 19.1 Å². The topological polar surface area (TPSA) is 53.1 Å². The van der Waals surface area contributed by atoms with Crippen LogP contribution >= 0.6 is 0 Å². The summed E-state index contributed by atoms with van der Waals surface area (Å²) in [4.78, 5) is 0. The summed E-state index contributed by atoms with van der Waals surface area (Å²) in [7, 11) is 0. The molecule has 0 amide bonds. The highest BCUT2D eigenvalue weighted by atomic mass is 19.4. The minimum Gasteiger partial charge on any atom is -0.494 e. The molecule has 0 unspecified atom stereocenters. The monoisotopic (exact) mass is 285 g/mol. The fourth-order valence-corrected chi connectivity index (χ4v) is 1.62. The Bertz CT molecular complexity index is 549. The number of halogens is 3. The molecule has 1 heterocycles. The molecule has 4 nitrogen and oxygen atoms in total. The highest BCUT2D eigenvalue weighted by Crippen LogP contribution is 2.27. The van der Waals surface area contributed by atoms with Crippen LogP contribution in [0.3, 0.4) is 0 Å². The lowest BCUT2D eigenvalue weighted by Gasteiger charge is -2.06. The number of aryl methyl sites for hydroxylation is 1. The van der Waals surface area contributed by atoms with Crippen LogP contribution in [0.25, 0.3) is 0 Å². The maximum atomic E-state index is 12.3. The van der Waals surface area contributed by atoms with E-state index in [9.17, 15) is 13.2 Å². The van der Waals surface area contributed by atoms with Crippen molar-refractivity contribution in [3.05, 3.63) is 42.2 Å². The van der Waals surface area contributed by atoms with Gasteiger partial charge < -0.3 is 10.5 Å². The van der Waals surface area contributed by atoms with Crippen molar-refractivity contribution in [2.24, 2.45) is 0 Å². The molecule has 0 aliphatic carbocycles. The molecule has 1 aromatic heterocycles. The number of benzene rings is 1. The molecule has 0 fully saturated rings. The van der Waals surface area contributed by atoms with Gasteiger partial charge in [0, 0.05) is 24.8 Å². The van der Waals surface area contributed by atoms with E-state index in [0.29, 0.717) is 31.0 Å². The van der Waals surface area contributed by atoms with Crippen molar-refractivity contribution in [1.82, 2.24) is 9.78 Å². The number of nitrogens with zero attached hydrogens (tertiary/aromatic N) is 2. The molecule has 2 aromatic rings. The van der Waals surface area contributed by atoms with Gasteiger partial charge in [-0.05, 0) is 30.3 Å². The fourth-order valence-electron chi connectivity index (χ4n) is 1.62. The SMILES string of the molecule is Nc1ccc(OCCCn2ccc(C(F)(F)F)n2)cc1. The molecular formula is C13H14F3N3O. The number of ether oxygens (including phenoxy) is 1. The third-order valence-electron chi connectivity index (χ3n) is 2.61. The number of anilines is 1. The zero-order valence-corrected chi connectivity index (χ0v) is 10.6. The lowest BCUT2D eigenvalue weighted by molar-refractivity contribution is -0.141. The summed E-state index contributed by atoms with van der Waals surface area (Å²) in [5.41, 5.74) is 5.30. The number of alkyl halides is 3. The Morgan fingerprint density at radius 1 is 1.15 bits per heavy atom. The van der Waals surface area contributed by atoms with Crippen molar-refractivity contribution in [1.29, 1.82) is 0 Å². The zero-order valence-electron chi connectivity index (χ0n) is 10.6. The molecule has 108 valence electrons. The summed E-state index contributed by atoms with van der Waals surface area (Å²) in [5.74, 6) is 0.677. The molecule has 0 aliphatic heterocycles. The van der Waals surface area contributed by atoms with Crippen LogP contribution in [0.4, 0.5) is 18.9 Å². The van der Waals surface area contributed by atoms with Gasteiger partial charge >= 0.3 is 6.18 Å². The van der Waals surface area contributed by atoms with E-state index in [1.165, 1.54) is 10.9 Å². The van der Waals surface area contributed by atoms with Gasteiger partial charge in [0.2, 0.25) is 0 Å². The molecule has 0 saturated heterocycles. The number of hydrogen-bond acceptors (Lipinski definition) is 3. The molecule has 0 atom stereocenters. The van der Waals surface area contributed by atoms with Gasteiger partial charge in [-0.2, -0.15) is 18.3 Å². The van der Waals surface area contributed by atoms with Crippen LogP contribution in [0.5, 0.6) is 5.75 Å². The van der Waals surface area contributed by atoms with Crippen LogP contribution in [0, 0.1) is 0 Å². The third-order valence-corrected chi connectivity index (χ3v) is 2.61. The molecular weight excluding hydrogens is 271 g/mol. The van der Waals surface area contributed by atoms with Gasteiger partial charge in [0.25, 0.3) is 0 Å². The first-order chi connectivity index (χ1) is 9.45. The third kappa shape index (κ3) is 3.91. The fraction of sp³-hybridized carbons (Fsp3) is 0.308. The largest absolute Gasteiger partial charge is 0.494 e. The summed E-state index contributed by atoms with van der Waals surface area (Å²) in [6.45, 7) is 0.760. The van der Waals surface area contributed by atoms with Crippen molar-refractivity contribution in [3.8, 4) is 5.75 Å². The summed E-state index contributed by atoms with van der Waals surface area (Å²) in [6.07, 6.45) is -2.53. The smallest absolute Gasteiger partial charge is 0.435 e. The first-order valence-corrected chi connectivity index (χ1v) is 6.04. The minimum absolute atomic E-state index is 0.366. The number of nitrogens with two attached hydrogens (primary N) is 1. The normalized spacial score (nSPS) is 11.6. The van der Waals surface area contributed by atoms with E-state index < -0.39 is 11.9 Å². The van der Waals surface area contributed by atoms with Gasteiger partial charge in [-0.25, -0.2) is 0 Å². The van der Waals surface area contributed by atoms with E-state index in [1.807, 2.05) is 0 Å².